The van der Waals surface area contributed by atoms with E-state index < -0.39 is 0 Å². The molecular weight excluding hydrogens is 370 g/mol. The third-order valence-corrected chi connectivity index (χ3v) is 5.45. The van der Waals surface area contributed by atoms with Gasteiger partial charge in [-0.1, -0.05) is 19.1 Å². The number of aromatic nitrogens is 5. The van der Waals surface area contributed by atoms with Gasteiger partial charge in [0.05, 0.1) is 16.3 Å². The summed E-state index contributed by atoms with van der Waals surface area (Å²) in [4.78, 5) is 17.8. The molecule has 0 amide bonds. The van der Waals surface area contributed by atoms with E-state index in [4.69, 9.17) is 4.74 Å². The van der Waals surface area contributed by atoms with E-state index in [1.807, 2.05) is 37.4 Å². The molecule has 26 heavy (non-hydrogen) atoms. The van der Waals surface area contributed by atoms with E-state index in [0.29, 0.717) is 23.7 Å². The highest BCUT2D eigenvalue weighted by Gasteiger charge is 2.15. The number of hydrogen-bond acceptors (Lipinski definition) is 8. The molecule has 2 heterocycles. The third-order valence-electron chi connectivity index (χ3n) is 3.52. The molecular formula is C17H19N5O2S2. The standard InChI is InChI=1S/C17H19N5O2S2/c1-3-8-22-16(19-20-21-22)9-24-17(23)14-6-4-5-7-15(14)26-11-13-10-25-12(2)18-13/h4-7,10H,3,8-9,11H2,1-2H3. The Morgan fingerprint density at radius 1 is 1.35 bits per heavy atom. The zero-order valence-corrected chi connectivity index (χ0v) is 16.2. The molecule has 3 rings (SSSR count). The van der Waals surface area contributed by atoms with Gasteiger partial charge in [-0.15, -0.1) is 28.2 Å². The van der Waals surface area contributed by atoms with Gasteiger partial charge in [0.1, 0.15) is 0 Å². The number of hydrogen-bond donors (Lipinski definition) is 0. The summed E-state index contributed by atoms with van der Waals surface area (Å²) in [6.45, 7) is 4.76. The second-order valence-electron chi connectivity index (χ2n) is 5.54. The first kappa shape index (κ1) is 18.5. The topological polar surface area (TPSA) is 82.8 Å². The van der Waals surface area contributed by atoms with Crippen molar-refractivity contribution in [2.75, 3.05) is 0 Å². The number of thioether (sulfide) groups is 1. The van der Waals surface area contributed by atoms with Crippen LogP contribution in [0.4, 0.5) is 0 Å². The van der Waals surface area contributed by atoms with Crippen molar-refractivity contribution in [3.63, 3.8) is 0 Å². The number of esters is 1. The Labute approximate surface area is 159 Å². The molecule has 136 valence electrons. The van der Waals surface area contributed by atoms with Crippen LogP contribution in [-0.2, 0) is 23.6 Å². The number of benzene rings is 1. The fourth-order valence-corrected chi connectivity index (χ4v) is 3.96. The molecule has 1 aromatic carbocycles. The Balaban J connectivity index is 1.64. The second kappa shape index (κ2) is 8.91. The lowest BCUT2D eigenvalue weighted by Crippen LogP contribution is -2.11. The predicted molar refractivity (Wildman–Crippen MR) is 100 cm³/mol. The van der Waals surface area contributed by atoms with E-state index in [1.54, 1.807) is 33.8 Å². The Kier molecular flexibility index (Phi) is 6.35. The number of ether oxygens (including phenoxy) is 1. The van der Waals surface area contributed by atoms with E-state index in [-0.39, 0.29) is 12.6 Å². The minimum Gasteiger partial charge on any atom is -0.454 e. The number of rotatable bonds is 8. The van der Waals surface area contributed by atoms with Crippen molar-refractivity contribution in [1.82, 2.24) is 25.2 Å². The summed E-state index contributed by atoms with van der Waals surface area (Å²) >= 11 is 3.20. The minimum atomic E-state index is -0.381. The van der Waals surface area contributed by atoms with Crippen LogP contribution < -0.4 is 0 Å². The molecule has 0 bridgehead atoms. The number of carbonyl (C=O) groups excluding carboxylic acids is 1. The van der Waals surface area contributed by atoms with Crippen LogP contribution in [-0.4, -0.2) is 31.2 Å². The number of thiazole rings is 1. The first-order valence-corrected chi connectivity index (χ1v) is 10.1. The maximum atomic E-state index is 12.5. The van der Waals surface area contributed by atoms with Crippen molar-refractivity contribution in [3.8, 4) is 0 Å². The summed E-state index contributed by atoms with van der Waals surface area (Å²) < 4.78 is 7.08. The quantitative estimate of drug-likeness (QED) is 0.431. The first-order valence-electron chi connectivity index (χ1n) is 8.22. The summed E-state index contributed by atoms with van der Waals surface area (Å²) in [7, 11) is 0. The largest absolute Gasteiger partial charge is 0.454 e. The Morgan fingerprint density at radius 3 is 2.96 bits per heavy atom. The van der Waals surface area contributed by atoms with E-state index in [9.17, 15) is 4.79 Å². The first-order chi connectivity index (χ1) is 12.7. The molecule has 0 N–H and O–H groups in total. The van der Waals surface area contributed by atoms with Crippen molar-refractivity contribution in [3.05, 3.63) is 51.7 Å². The van der Waals surface area contributed by atoms with Crippen molar-refractivity contribution in [2.45, 2.75) is 44.1 Å². The van der Waals surface area contributed by atoms with Gasteiger partial charge in [0.15, 0.2) is 12.4 Å². The fourth-order valence-electron chi connectivity index (χ4n) is 2.31. The SMILES string of the molecule is CCCn1nnnc1COC(=O)c1ccccc1SCc1csc(C)n1. The molecule has 0 spiro atoms. The molecule has 0 aliphatic carbocycles. The van der Waals surface area contributed by atoms with Gasteiger partial charge in [-0.25, -0.2) is 14.5 Å². The summed E-state index contributed by atoms with van der Waals surface area (Å²) in [5, 5.41) is 14.5. The Morgan fingerprint density at radius 2 is 2.19 bits per heavy atom. The lowest BCUT2D eigenvalue weighted by molar-refractivity contribution is 0.0452. The fraction of sp³-hybridized carbons (Fsp3) is 0.353. The highest BCUT2D eigenvalue weighted by Crippen LogP contribution is 2.27. The zero-order chi connectivity index (χ0) is 18.4. The number of nitrogens with zero attached hydrogens (tertiary/aromatic N) is 5. The molecule has 0 aliphatic heterocycles. The van der Waals surface area contributed by atoms with Crippen molar-refractivity contribution in [2.24, 2.45) is 0 Å². The molecule has 0 saturated heterocycles. The number of carbonyl (C=O) groups is 1. The maximum Gasteiger partial charge on any atom is 0.339 e. The van der Waals surface area contributed by atoms with Gasteiger partial charge in [-0.2, -0.15) is 0 Å². The van der Waals surface area contributed by atoms with E-state index in [0.717, 1.165) is 22.0 Å². The average Bonchev–Trinajstić information content (AvgIpc) is 3.27. The van der Waals surface area contributed by atoms with Gasteiger partial charge in [0.25, 0.3) is 0 Å². The molecule has 0 aliphatic rings. The molecule has 0 atom stereocenters. The maximum absolute atomic E-state index is 12.5. The van der Waals surface area contributed by atoms with E-state index >= 15 is 0 Å². The Hall–Kier alpha value is -2.26. The van der Waals surface area contributed by atoms with Crippen LogP contribution in [0.25, 0.3) is 0 Å². The lowest BCUT2D eigenvalue weighted by atomic mass is 10.2. The number of aryl methyl sites for hydroxylation is 2. The van der Waals surface area contributed by atoms with Crippen molar-refractivity contribution < 1.29 is 9.53 Å². The smallest absolute Gasteiger partial charge is 0.339 e. The number of tetrazole rings is 1. The van der Waals surface area contributed by atoms with Crippen LogP contribution in [0.1, 0.15) is 40.2 Å². The molecule has 9 heteroatoms. The highest BCUT2D eigenvalue weighted by molar-refractivity contribution is 7.98. The average molecular weight is 390 g/mol. The molecule has 0 unspecified atom stereocenters. The van der Waals surface area contributed by atoms with Gasteiger partial charge < -0.3 is 4.74 Å². The molecule has 0 radical (unpaired) electrons. The lowest BCUT2D eigenvalue weighted by Gasteiger charge is -2.09. The van der Waals surface area contributed by atoms with Crippen LogP contribution in [0.5, 0.6) is 0 Å². The monoisotopic (exact) mass is 389 g/mol. The van der Waals surface area contributed by atoms with Gasteiger partial charge in [-0.3, -0.25) is 0 Å². The summed E-state index contributed by atoms with van der Waals surface area (Å²) in [5.74, 6) is 0.875. The highest BCUT2D eigenvalue weighted by atomic mass is 32.2. The Bertz CT molecular complexity index is 877. The van der Waals surface area contributed by atoms with E-state index in [2.05, 4.69) is 20.5 Å². The minimum absolute atomic E-state index is 0.0517. The van der Waals surface area contributed by atoms with Crippen LogP contribution in [0, 0.1) is 6.92 Å². The predicted octanol–water partition coefficient (Wildman–Crippen LogP) is 3.50. The van der Waals surface area contributed by atoms with Crippen LogP contribution in [0.3, 0.4) is 0 Å². The summed E-state index contributed by atoms with van der Waals surface area (Å²) in [6, 6.07) is 7.43. The van der Waals surface area contributed by atoms with Crippen LogP contribution in [0.15, 0.2) is 34.5 Å². The molecule has 0 saturated carbocycles. The van der Waals surface area contributed by atoms with Gasteiger partial charge >= 0.3 is 5.97 Å². The van der Waals surface area contributed by atoms with E-state index in [1.165, 1.54) is 0 Å². The second-order valence-corrected chi connectivity index (χ2v) is 7.62. The molecule has 7 nitrogen and oxygen atoms in total. The molecule has 3 aromatic rings. The zero-order valence-electron chi connectivity index (χ0n) is 14.6. The molecule has 2 aromatic heterocycles. The molecule has 0 fully saturated rings. The van der Waals surface area contributed by atoms with Gasteiger partial charge in [0.2, 0.25) is 0 Å². The van der Waals surface area contributed by atoms with Crippen molar-refractivity contribution >= 4 is 29.1 Å². The van der Waals surface area contributed by atoms with Gasteiger partial charge in [0, 0.05) is 22.6 Å². The summed E-state index contributed by atoms with van der Waals surface area (Å²) in [5.41, 5.74) is 1.55. The normalized spacial score (nSPS) is 10.8. The van der Waals surface area contributed by atoms with Crippen molar-refractivity contribution in [1.29, 1.82) is 0 Å². The summed E-state index contributed by atoms with van der Waals surface area (Å²) in [6.07, 6.45) is 0.904. The van der Waals surface area contributed by atoms with Crippen LogP contribution >= 0.6 is 23.1 Å². The van der Waals surface area contributed by atoms with Gasteiger partial charge in [-0.05, 0) is 35.9 Å². The van der Waals surface area contributed by atoms with Crippen LogP contribution in [0.2, 0.25) is 0 Å². The third kappa shape index (κ3) is 4.67.